The standard InChI is InChI=1S/C14H23NO3/c1-11(2)18-8-4-7-15-10-12-5-6-13(16)14(9-12)17-3/h5-6,9,11,15-16H,4,7-8,10H2,1-3H3. The summed E-state index contributed by atoms with van der Waals surface area (Å²) in [4.78, 5) is 0. The first-order chi connectivity index (χ1) is 8.63. The molecule has 0 fully saturated rings. The van der Waals surface area contributed by atoms with E-state index >= 15 is 0 Å². The van der Waals surface area contributed by atoms with Crippen LogP contribution in [0.2, 0.25) is 0 Å². The molecule has 0 spiro atoms. The number of methoxy groups -OCH3 is 1. The van der Waals surface area contributed by atoms with Gasteiger partial charge in [0.15, 0.2) is 11.5 Å². The van der Waals surface area contributed by atoms with Gasteiger partial charge in [-0.1, -0.05) is 6.07 Å². The Hall–Kier alpha value is -1.26. The summed E-state index contributed by atoms with van der Waals surface area (Å²) in [5.41, 5.74) is 1.09. The minimum Gasteiger partial charge on any atom is -0.504 e. The van der Waals surface area contributed by atoms with Gasteiger partial charge in [0.2, 0.25) is 0 Å². The van der Waals surface area contributed by atoms with Gasteiger partial charge in [-0.15, -0.1) is 0 Å². The molecule has 2 N–H and O–H groups in total. The molecule has 0 aliphatic heterocycles. The molecule has 0 radical (unpaired) electrons. The molecule has 0 heterocycles. The first-order valence-corrected chi connectivity index (χ1v) is 6.31. The smallest absolute Gasteiger partial charge is 0.160 e. The van der Waals surface area contributed by atoms with Gasteiger partial charge < -0.3 is 19.9 Å². The molecule has 1 aromatic carbocycles. The quantitative estimate of drug-likeness (QED) is 0.698. The van der Waals surface area contributed by atoms with Crippen LogP contribution < -0.4 is 10.1 Å². The lowest BCUT2D eigenvalue weighted by molar-refractivity contribution is 0.0770. The first-order valence-electron chi connectivity index (χ1n) is 6.31. The largest absolute Gasteiger partial charge is 0.504 e. The Labute approximate surface area is 109 Å². The van der Waals surface area contributed by atoms with Gasteiger partial charge in [0.25, 0.3) is 0 Å². The first kappa shape index (κ1) is 14.8. The van der Waals surface area contributed by atoms with E-state index in [9.17, 15) is 5.11 Å². The number of rotatable bonds is 8. The molecule has 0 saturated heterocycles. The van der Waals surface area contributed by atoms with Crippen molar-refractivity contribution < 1.29 is 14.6 Å². The molecule has 0 amide bonds. The second-order valence-corrected chi connectivity index (χ2v) is 4.46. The van der Waals surface area contributed by atoms with E-state index in [1.807, 2.05) is 26.0 Å². The molecule has 18 heavy (non-hydrogen) atoms. The summed E-state index contributed by atoms with van der Waals surface area (Å²) >= 11 is 0. The number of phenolic OH excluding ortho intramolecular Hbond substituents is 1. The van der Waals surface area contributed by atoms with Crippen LogP contribution in [0.4, 0.5) is 0 Å². The number of hydrogen-bond acceptors (Lipinski definition) is 4. The monoisotopic (exact) mass is 253 g/mol. The second kappa shape index (κ2) is 7.95. The zero-order chi connectivity index (χ0) is 13.4. The number of phenols is 1. The van der Waals surface area contributed by atoms with Crippen molar-refractivity contribution in [3.05, 3.63) is 23.8 Å². The van der Waals surface area contributed by atoms with Crippen molar-refractivity contribution in [3.8, 4) is 11.5 Å². The molecule has 102 valence electrons. The highest BCUT2D eigenvalue weighted by molar-refractivity contribution is 5.41. The summed E-state index contributed by atoms with van der Waals surface area (Å²) in [7, 11) is 1.55. The molecule has 0 aliphatic rings. The fourth-order valence-corrected chi connectivity index (χ4v) is 1.58. The third kappa shape index (κ3) is 5.38. The summed E-state index contributed by atoms with van der Waals surface area (Å²) in [5.74, 6) is 0.684. The highest BCUT2D eigenvalue weighted by Gasteiger charge is 2.02. The van der Waals surface area contributed by atoms with Gasteiger partial charge in [-0.05, 0) is 44.5 Å². The van der Waals surface area contributed by atoms with E-state index in [4.69, 9.17) is 9.47 Å². The van der Waals surface area contributed by atoms with E-state index in [1.165, 1.54) is 0 Å². The van der Waals surface area contributed by atoms with Crippen molar-refractivity contribution in [1.29, 1.82) is 0 Å². The number of aromatic hydroxyl groups is 1. The molecule has 0 unspecified atom stereocenters. The second-order valence-electron chi connectivity index (χ2n) is 4.46. The van der Waals surface area contributed by atoms with Crippen molar-refractivity contribution >= 4 is 0 Å². The Morgan fingerprint density at radius 3 is 2.78 bits per heavy atom. The third-order valence-corrected chi connectivity index (χ3v) is 2.52. The Balaban J connectivity index is 2.23. The molecule has 0 aromatic heterocycles. The van der Waals surface area contributed by atoms with Gasteiger partial charge in [-0.2, -0.15) is 0 Å². The third-order valence-electron chi connectivity index (χ3n) is 2.52. The zero-order valence-corrected chi connectivity index (χ0v) is 11.4. The minimum absolute atomic E-state index is 0.173. The molecule has 4 nitrogen and oxygen atoms in total. The van der Waals surface area contributed by atoms with Gasteiger partial charge in [-0.3, -0.25) is 0 Å². The molecule has 0 atom stereocenters. The Morgan fingerprint density at radius 1 is 1.33 bits per heavy atom. The topological polar surface area (TPSA) is 50.7 Å². The van der Waals surface area contributed by atoms with Crippen LogP contribution in [0, 0.1) is 0 Å². The lowest BCUT2D eigenvalue weighted by Gasteiger charge is -2.09. The Morgan fingerprint density at radius 2 is 2.11 bits per heavy atom. The van der Waals surface area contributed by atoms with E-state index in [-0.39, 0.29) is 5.75 Å². The van der Waals surface area contributed by atoms with Crippen LogP contribution in [0.1, 0.15) is 25.8 Å². The average molecular weight is 253 g/mol. The maximum Gasteiger partial charge on any atom is 0.160 e. The SMILES string of the molecule is COc1cc(CNCCCOC(C)C)ccc1O. The summed E-state index contributed by atoms with van der Waals surface area (Å²) in [6, 6.07) is 5.38. The van der Waals surface area contributed by atoms with Crippen molar-refractivity contribution in [3.63, 3.8) is 0 Å². The van der Waals surface area contributed by atoms with Crippen LogP contribution in [0.3, 0.4) is 0 Å². The average Bonchev–Trinajstić information content (AvgIpc) is 2.35. The molecule has 1 rings (SSSR count). The van der Waals surface area contributed by atoms with Crippen molar-refractivity contribution in [2.75, 3.05) is 20.3 Å². The highest BCUT2D eigenvalue weighted by Crippen LogP contribution is 2.25. The van der Waals surface area contributed by atoms with Crippen LogP contribution in [-0.4, -0.2) is 31.5 Å². The fourth-order valence-electron chi connectivity index (χ4n) is 1.58. The number of benzene rings is 1. The minimum atomic E-state index is 0.173. The molecule has 0 bridgehead atoms. The van der Waals surface area contributed by atoms with Crippen molar-refractivity contribution in [2.45, 2.75) is 32.9 Å². The maximum atomic E-state index is 9.47. The van der Waals surface area contributed by atoms with Crippen LogP contribution >= 0.6 is 0 Å². The maximum absolute atomic E-state index is 9.47. The van der Waals surface area contributed by atoms with E-state index in [2.05, 4.69) is 5.32 Å². The predicted octanol–water partition coefficient (Wildman–Crippen LogP) is 2.31. The van der Waals surface area contributed by atoms with Crippen LogP contribution in [0.25, 0.3) is 0 Å². The lowest BCUT2D eigenvalue weighted by Crippen LogP contribution is -2.17. The van der Waals surface area contributed by atoms with Crippen molar-refractivity contribution in [2.24, 2.45) is 0 Å². The number of hydrogen-bond donors (Lipinski definition) is 2. The Bertz CT molecular complexity index is 353. The van der Waals surface area contributed by atoms with E-state index < -0.39 is 0 Å². The highest BCUT2D eigenvalue weighted by atomic mass is 16.5. The van der Waals surface area contributed by atoms with Crippen LogP contribution in [-0.2, 0) is 11.3 Å². The molecule has 0 aliphatic carbocycles. The molecular formula is C14H23NO3. The number of nitrogens with one attached hydrogen (secondary N) is 1. The zero-order valence-electron chi connectivity index (χ0n) is 11.4. The van der Waals surface area contributed by atoms with E-state index in [0.717, 1.165) is 31.7 Å². The van der Waals surface area contributed by atoms with Gasteiger partial charge in [0, 0.05) is 13.2 Å². The van der Waals surface area contributed by atoms with Crippen LogP contribution in [0.15, 0.2) is 18.2 Å². The molecule has 1 aromatic rings. The van der Waals surface area contributed by atoms with E-state index in [1.54, 1.807) is 13.2 Å². The predicted molar refractivity (Wildman–Crippen MR) is 72.1 cm³/mol. The summed E-state index contributed by atoms with van der Waals surface area (Å²) in [6.07, 6.45) is 1.29. The molecule has 4 heteroatoms. The van der Waals surface area contributed by atoms with Crippen molar-refractivity contribution in [1.82, 2.24) is 5.32 Å². The lowest BCUT2D eigenvalue weighted by atomic mass is 10.2. The summed E-state index contributed by atoms with van der Waals surface area (Å²) in [6.45, 7) is 6.53. The van der Waals surface area contributed by atoms with Gasteiger partial charge in [0.1, 0.15) is 0 Å². The van der Waals surface area contributed by atoms with E-state index in [0.29, 0.717) is 11.9 Å². The van der Waals surface area contributed by atoms with Gasteiger partial charge in [-0.25, -0.2) is 0 Å². The normalized spacial score (nSPS) is 10.9. The van der Waals surface area contributed by atoms with Crippen LogP contribution in [0.5, 0.6) is 11.5 Å². The molecule has 0 saturated carbocycles. The summed E-state index contributed by atoms with van der Waals surface area (Å²) in [5, 5.41) is 12.8. The summed E-state index contributed by atoms with van der Waals surface area (Å²) < 4.78 is 10.5. The fraction of sp³-hybridized carbons (Fsp3) is 0.571. The Kier molecular flexibility index (Phi) is 6.54. The number of ether oxygens (including phenoxy) is 2. The van der Waals surface area contributed by atoms with Gasteiger partial charge in [0.05, 0.1) is 13.2 Å². The van der Waals surface area contributed by atoms with Gasteiger partial charge >= 0.3 is 0 Å². The molecular weight excluding hydrogens is 230 g/mol.